The van der Waals surface area contributed by atoms with Gasteiger partial charge in [-0.3, -0.25) is 9.36 Å². The maximum atomic E-state index is 12.6. The molecular formula is C19H19N3O4. The maximum Gasteiger partial charge on any atom is 0.420 e. The van der Waals surface area contributed by atoms with Gasteiger partial charge in [0.25, 0.3) is 0 Å². The SMILES string of the molecule is O=C(Cn1c(=O)oc2ccccc21)N1CCN(c2ccccc2O)CC1. The number of hydrogen-bond acceptors (Lipinski definition) is 5. The third kappa shape index (κ3) is 2.92. The van der Waals surface area contributed by atoms with Crippen molar-refractivity contribution in [3.63, 3.8) is 0 Å². The van der Waals surface area contributed by atoms with E-state index in [0.29, 0.717) is 37.3 Å². The molecule has 0 radical (unpaired) electrons. The Hall–Kier alpha value is -3.22. The van der Waals surface area contributed by atoms with Crippen LogP contribution in [0.2, 0.25) is 0 Å². The summed E-state index contributed by atoms with van der Waals surface area (Å²) in [7, 11) is 0. The normalized spacial score (nSPS) is 14.8. The van der Waals surface area contributed by atoms with Crippen molar-refractivity contribution < 1.29 is 14.3 Å². The van der Waals surface area contributed by atoms with Crippen molar-refractivity contribution >= 4 is 22.7 Å². The van der Waals surface area contributed by atoms with E-state index in [1.807, 2.05) is 18.2 Å². The predicted molar refractivity (Wildman–Crippen MR) is 97.4 cm³/mol. The van der Waals surface area contributed by atoms with Gasteiger partial charge in [0.1, 0.15) is 12.3 Å². The second kappa shape index (κ2) is 6.59. The van der Waals surface area contributed by atoms with Gasteiger partial charge in [0.05, 0.1) is 11.2 Å². The molecule has 26 heavy (non-hydrogen) atoms. The Morgan fingerprint density at radius 3 is 2.46 bits per heavy atom. The smallest absolute Gasteiger partial charge is 0.420 e. The standard InChI is InChI=1S/C19H19N3O4/c23-16-7-3-1-5-14(16)20-9-11-21(12-10-20)18(24)13-22-15-6-2-4-8-17(15)26-19(22)25/h1-8,23H,9-13H2. The number of phenolic OH excluding ortho intramolecular Hbond substituents is 1. The van der Waals surface area contributed by atoms with Crippen LogP contribution in [0.1, 0.15) is 0 Å². The largest absolute Gasteiger partial charge is 0.506 e. The quantitative estimate of drug-likeness (QED) is 0.775. The molecule has 2 aromatic carbocycles. The molecule has 7 heteroatoms. The molecule has 7 nitrogen and oxygen atoms in total. The number of carbonyl (C=O) groups excluding carboxylic acids is 1. The summed E-state index contributed by atoms with van der Waals surface area (Å²) in [5, 5.41) is 9.97. The van der Waals surface area contributed by atoms with Gasteiger partial charge in [0, 0.05) is 26.2 Å². The van der Waals surface area contributed by atoms with E-state index in [1.54, 1.807) is 35.2 Å². The number of piperazine rings is 1. The summed E-state index contributed by atoms with van der Waals surface area (Å²) in [5.74, 6) is -0.397. The van der Waals surface area contributed by atoms with Gasteiger partial charge in [-0.2, -0.15) is 0 Å². The molecule has 1 aliphatic heterocycles. The van der Waals surface area contributed by atoms with Gasteiger partial charge in [0.2, 0.25) is 5.91 Å². The molecule has 1 N–H and O–H groups in total. The highest BCUT2D eigenvalue weighted by atomic mass is 16.4. The predicted octanol–water partition coefficient (Wildman–Crippen LogP) is 1.65. The Morgan fingerprint density at radius 1 is 1.00 bits per heavy atom. The first kappa shape index (κ1) is 16.3. The van der Waals surface area contributed by atoms with Crippen molar-refractivity contribution in [2.75, 3.05) is 31.1 Å². The molecular weight excluding hydrogens is 334 g/mol. The number of fused-ring (bicyclic) bond motifs is 1. The highest BCUT2D eigenvalue weighted by Crippen LogP contribution is 2.27. The highest BCUT2D eigenvalue weighted by molar-refractivity contribution is 5.80. The number of aromatic hydroxyl groups is 1. The number of aromatic nitrogens is 1. The summed E-state index contributed by atoms with van der Waals surface area (Å²) in [6, 6.07) is 14.3. The minimum Gasteiger partial charge on any atom is -0.506 e. The molecule has 1 amide bonds. The molecule has 0 atom stereocenters. The molecule has 0 saturated carbocycles. The molecule has 1 aromatic heterocycles. The molecule has 0 unspecified atom stereocenters. The van der Waals surface area contributed by atoms with Crippen molar-refractivity contribution in [1.29, 1.82) is 0 Å². The summed E-state index contributed by atoms with van der Waals surface area (Å²) in [6.07, 6.45) is 0. The first-order valence-electron chi connectivity index (χ1n) is 8.52. The zero-order chi connectivity index (χ0) is 18.1. The lowest BCUT2D eigenvalue weighted by atomic mass is 10.2. The fourth-order valence-electron chi connectivity index (χ4n) is 3.33. The van der Waals surface area contributed by atoms with E-state index >= 15 is 0 Å². The van der Waals surface area contributed by atoms with Crippen LogP contribution in [-0.4, -0.2) is 46.7 Å². The lowest BCUT2D eigenvalue weighted by Gasteiger charge is -2.36. The number of benzene rings is 2. The van der Waals surface area contributed by atoms with Crippen LogP contribution in [0.25, 0.3) is 11.1 Å². The second-order valence-corrected chi connectivity index (χ2v) is 6.28. The van der Waals surface area contributed by atoms with E-state index in [0.717, 1.165) is 5.69 Å². The first-order chi connectivity index (χ1) is 12.6. The van der Waals surface area contributed by atoms with E-state index in [1.165, 1.54) is 4.57 Å². The molecule has 0 spiro atoms. The summed E-state index contributed by atoms with van der Waals surface area (Å²) in [6.45, 7) is 2.30. The monoisotopic (exact) mass is 353 g/mol. The summed E-state index contributed by atoms with van der Waals surface area (Å²) in [5.41, 5.74) is 1.88. The number of carbonyl (C=O) groups is 1. The number of hydrogen-bond donors (Lipinski definition) is 1. The Morgan fingerprint density at radius 2 is 1.69 bits per heavy atom. The average Bonchev–Trinajstić information content (AvgIpc) is 2.98. The summed E-state index contributed by atoms with van der Waals surface area (Å²) >= 11 is 0. The van der Waals surface area contributed by atoms with Gasteiger partial charge >= 0.3 is 5.76 Å². The fourth-order valence-corrected chi connectivity index (χ4v) is 3.33. The third-order valence-electron chi connectivity index (χ3n) is 4.72. The van der Waals surface area contributed by atoms with E-state index in [-0.39, 0.29) is 18.2 Å². The van der Waals surface area contributed by atoms with E-state index in [9.17, 15) is 14.7 Å². The highest BCUT2D eigenvalue weighted by Gasteiger charge is 2.23. The van der Waals surface area contributed by atoms with Gasteiger partial charge < -0.3 is 19.3 Å². The average molecular weight is 353 g/mol. The van der Waals surface area contributed by atoms with Gasteiger partial charge in [-0.05, 0) is 24.3 Å². The van der Waals surface area contributed by atoms with Crippen LogP contribution in [0.4, 0.5) is 5.69 Å². The molecule has 4 rings (SSSR count). The third-order valence-corrected chi connectivity index (χ3v) is 4.72. The number of para-hydroxylation sites is 4. The van der Waals surface area contributed by atoms with Crippen LogP contribution in [-0.2, 0) is 11.3 Å². The fraction of sp³-hybridized carbons (Fsp3) is 0.263. The first-order valence-corrected chi connectivity index (χ1v) is 8.52. The Balaban J connectivity index is 1.45. The second-order valence-electron chi connectivity index (χ2n) is 6.28. The van der Waals surface area contributed by atoms with Crippen LogP contribution in [0.5, 0.6) is 5.75 Å². The molecule has 0 bridgehead atoms. The molecule has 0 aliphatic carbocycles. The molecule has 134 valence electrons. The Kier molecular flexibility index (Phi) is 4.12. The van der Waals surface area contributed by atoms with Gasteiger partial charge in [-0.15, -0.1) is 0 Å². The number of phenols is 1. The van der Waals surface area contributed by atoms with E-state index in [4.69, 9.17) is 4.42 Å². The molecule has 3 aromatic rings. The van der Waals surface area contributed by atoms with Crippen molar-refractivity contribution in [3.8, 4) is 5.75 Å². The van der Waals surface area contributed by atoms with Crippen molar-refractivity contribution in [2.24, 2.45) is 0 Å². The van der Waals surface area contributed by atoms with Crippen LogP contribution >= 0.6 is 0 Å². The number of oxazole rings is 1. The van der Waals surface area contributed by atoms with Gasteiger partial charge in [-0.25, -0.2) is 4.79 Å². The lowest BCUT2D eigenvalue weighted by molar-refractivity contribution is -0.132. The van der Waals surface area contributed by atoms with Crippen LogP contribution in [0.15, 0.2) is 57.7 Å². The lowest BCUT2D eigenvalue weighted by Crippen LogP contribution is -2.50. The van der Waals surface area contributed by atoms with Crippen LogP contribution in [0, 0.1) is 0 Å². The van der Waals surface area contributed by atoms with Gasteiger partial charge in [-0.1, -0.05) is 24.3 Å². The summed E-state index contributed by atoms with van der Waals surface area (Å²) < 4.78 is 6.54. The molecule has 1 fully saturated rings. The minimum absolute atomic E-state index is 0.0353. The Labute approximate surface area is 149 Å². The van der Waals surface area contributed by atoms with Crippen molar-refractivity contribution in [1.82, 2.24) is 9.47 Å². The maximum absolute atomic E-state index is 12.6. The van der Waals surface area contributed by atoms with Gasteiger partial charge in [0.15, 0.2) is 5.58 Å². The number of rotatable bonds is 3. The Bertz CT molecular complexity index is 999. The van der Waals surface area contributed by atoms with Crippen LogP contribution in [0.3, 0.4) is 0 Å². The summed E-state index contributed by atoms with van der Waals surface area (Å²) in [4.78, 5) is 28.4. The zero-order valence-corrected chi connectivity index (χ0v) is 14.2. The van der Waals surface area contributed by atoms with Crippen molar-refractivity contribution in [3.05, 3.63) is 59.1 Å². The number of nitrogens with zero attached hydrogens (tertiary/aromatic N) is 3. The van der Waals surface area contributed by atoms with Crippen molar-refractivity contribution in [2.45, 2.75) is 6.54 Å². The van der Waals surface area contributed by atoms with E-state index < -0.39 is 5.76 Å². The van der Waals surface area contributed by atoms with Crippen LogP contribution < -0.4 is 10.7 Å². The minimum atomic E-state index is -0.521. The molecule has 1 saturated heterocycles. The molecule has 1 aliphatic rings. The topological polar surface area (TPSA) is 78.9 Å². The molecule has 2 heterocycles. The zero-order valence-electron chi connectivity index (χ0n) is 14.2. The number of anilines is 1. The number of amides is 1. The van der Waals surface area contributed by atoms with E-state index in [2.05, 4.69) is 4.90 Å².